The van der Waals surface area contributed by atoms with Gasteiger partial charge in [0.1, 0.15) is 0 Å². The molecule has 2 amide bonds. The van der Waals surface area contributed by atoms with E-state index in [1.54, 1.807) is 19.1 Å². The minimum atomic E-state index is -0.0825. The van der Waals surface area contributed by atoms with Crippen LogP contribution in [-0.4, -0.2) is 38.2 Å². The second kappa shape index (κ2) is 6.85. The van der Waals surface area contributed by atoms with E-state index in [-0.39, 0.29) is 6.03 Å². The molecule has 0 radical (unpaired) electrons. The summed E-state index contributed by atoms with van der Waals surface area (Å²) in [5.41, 5.74) is 1.09. The van der Waals surface area contributed by atoms with Gasteiger partial charge in [0.15, 0.2) is 0 Å². The Morgan fingerprint density at radius 1 is 1.38 bits per heavy atom. The number of rotatable bonds is 5. The summed E-state index contributed by atoms with van der Waals surface area (Å²) >= 11 is 0. The summed E-state index contributed by atoms with van der Waals surface area (Å²) in [6, 6.07) is 9.74. The third-order valence-corrected chi connectivity index (χ3v) is 2.26. The number of amides is 2. The first-order valence-electron chi connectivity index (χ1n) is 5.26. The molecule has 1 aromatic rings. The zero-order chi connectivity index (χ0) is 11.8. The first-order valence-corrected chi connectivity index (χ1v) is 5.26. The summed E-state index contributed by atoms with van der Waals surface area (Å²) in [6.07, 6.45) is 0. The van der Waals surface area contributed by atoms with Crippen molar-refractivity contribution in [3.8, 4) is 0 Å². The average Bonchev–Trinajstić information content (AvgIpc) is 2.34. The lowest BCUT2D eigenvalue weighted by atomic mass is 10.2. The molecule has 0 aromatic heterocycles. The van der Waals surface area contributed by atoms with Gasteiger partial charge in [-0.2, -0.15) is 0 Å². The minimum Gasteiger partial charge on any atom is -0.383 e. The van der Waals surface area contributed by atoms with E-state index in [1.807, 2.05) is 30.3 Å². The van der Waals surface area contributed by atoms with E-state index in [4.69, 9.17) is 4.74 Å². The number of hydrogen-bond donors (Lipinski definition) is 1. The fourth-order valence-corrected chi connectivity index (χ4v) is 1.24. The molecule has 0 atom stereocenters. The summed E-state index contributed by atoms with van der Waals surface area (Å²) < 4.78 is 4.90. The van der Waals surface area contributed by atoms with E-state index in [2.05, 4.69) is 5.32 Å². The Bertz CT molecular complexity index is 314. The minimum absolute atomic E-state index is 0.0825. The first kappa shape index (κ1) is 12.5. The van der Waals surface area contributed by atoms with Gasteiger partial charge in [0.25, 0.3) is 0 Å². The van der Waals surface area contributed by atoms with Gasteiger partial charge in [-0.15, -0.1) is 0 Å². The fourth-order valence-electron chi connectivity index (χ4n) is 1.24. The molecule has 0 saturated carbocycles. The second-order valence-electron chi connectivity index (χ2n) is 3.56. The van der Waals surface area contributed by atoms with Crippen molar-refractivity contribution in [2.45, 2.75) is 6.54 Å². The maximum atomic E-state index is 11.6. The highest BCUT2D eigenvalue weighted by atomic mass is 16.5. The normalized spacial score (nSPS) is 9.88. The zero-order valence-corrected chi connectivity index (χ0v) is 9.77. The lowest BCUT2D eigenvalue weighted by Gasteiger charge is -2.17. The van der Waals surface area contributed by atoms with E-state index in [9.17, 15) is 4.79 Å². The molecule has 0 spiro atoms. The van der Waals surface area contributed by atoms with Crippen LogP contribution in [-0.2, 0) is 11.3 Å². The lowest BCUT2D eigenvalue weighted by Crippen LogP contribution is -2.38. The molecule has 4 nitrogen and oxygen atoms in total. The smallest absolute Gasteiger partial charge is 0.317 e. The first-order chi connectivity index (χ1) is 7.74. The lowest BCUT2D eigenvalue weighted by molar-refractivity contribution is 0.159. The molecule has 1 aromatic carbocycles. The monoisotopic (exact) mass is 222 g/mol. The third kappa shape index (κ3) is 4.31. The van der Waals surface area contributed by atoms with Gasteiger partial charge in [-0.3, -0.25) is 0 Å². The number of ether oxygens (including phenoxy) is 1. The Morgan fingerprint density at radius 2 is 2.06 bits per heavy atom. The number of urea groups is 1. The molecule has 4 heteroatoms. The van der Waals surface area contributed by atoms with Crippen LogP contribution in [0.2, 0.25) is 0 Å². The predicted octanol–water partition coefficient (Wildman–Crippen LogP) is 1.47. The Labute approximate surface area is 96.2 Å². The highest BCUT2D eigenvalue weighted by Crippen LogP contribution is 1.97. The molecule has 0 bridgehead atoms. The number of carbonyl (C=O) groups is 1. The largest absolute Gasteiger partial charge is 0.383 e. The van der Waals surface area contributed by atoms with Crippen LogP contribution in [0.4, 0.5) is 4.79 Å². The van der Waals surface area contributed by atoms with Crippen LogP contribution in [0.15, 0.2) is 30.3 Å². The van der Waals surface area contributed by atoms with Crippen molar-refractivity contribution in [2.24, 2.45) is 0 Å². The highest BCUT2D eigenvalue weighted by Gasteiger charge is 2.06. The molecule has 0 aliphatic carbocycles. The number of nitrogens with one attached hydrogen (secondary N) is 1. The van der Waals surface area contributed by atoms with Gasteiger partial charge < -0.3 is 15.0 Å². The SMILES string of the molecule is COCCN(C)C(=O)NCc1ccccc1. The van der Waals surface area contributed by atoms with E-state index >= 15 is 0 Å². The van der Waals surface area contributed by atoms with Crippen LogP contribution in [0, 0.1) is 0 Å². The molecule has 88 valence electrons. The number of carbonyl (C=O) groups excluding carboxylic acids is 1. The van der Waals surface area contributed by atoms with Crippen LogP contribution in [0.1, 0.15) is 5.56 Å². The Kier molecular flexibility index (Phi) is 5.36. The standard InChI is InChI=1S/C12H18N2O2/c1-14(8-9-16-2)12(15)13-10-11-6-4-3-5-7-11/h3-7H,8-10H2,1-2H3,(H,13,15). The average molecular weight is 222 g/mol. The number of nitrogens with zero attached hydrogens (tertiary/aromatic N) is 1. The number of methoxy groups -OCH3 is 1. The van der Waals surface area contributed by atoms with Crippen molar-refractivity contribution in [1.29, 1.82) is 0 Å². The van der Waals surface area contributed by atoms with E-state index in [0.717, 1.165) is 5.56 Å². The molecule has 0 aliphatic heterocycles. The summed E-state index contributed by atoms with van der Waals surface area (Å²) in [4.78, 5) is 13.2. The zero-order valence-electron chi connectivity index (χ0n) is 9.77. The van der Waals surface area contributed by atoms with Gasteiger partial charge in [-0.05, 0) is 5.56 Å². The van der Waals surface area contributed by atoms with Crippen LogP contribution in [0.5, 0.6) is 0 Å². The van der Waals surface area contributed by atoms with Gasteiger partial charge in [0, 0.05) is 27.2 Å². The molecule has 0 unspecified atom stereocenters. The number of hydrogen-bond acceptors (Lipinski definition) is 2. The van der Waals surface area contributed by atoms with Crippen LogP contribution in [0.25, 0.3) is 0 Å². The Balaban J connectivity index is 2.29. The predicted molar refractivity (Wildman–Crippen MR) is 63.2 cm³/mol. The van der Waals surface area contributed by atoms with Crippen molar-refractivity contribution in [2.75, 3.05) is 27.3 Å². The Morgan fingerprint density at radius 3 is 2.69 bits per heavy atom. The molecule has 1 N–H and O–H groups in total. The Hall–Kier alpha value is -1.55. The summed E-state index contributed by atoms with van der Waals surface area (Å²) in [6.45, 7) is 1.70. The highest BCUT2D eigenvalue weighted by molar-refractivity contribution is 5.73. The summed E-state index contributed by atoms with van der Waals surface area (Å²) in [7, 11) is 3.37. The molecular weight excluding hydrogens is 204 g/mol. The maximum absolute atomic E-state index is 11.6. The van der Waals surface area contributed by atoms with Crippen molar-refractivity contribution in [3.05, 3.63) is 35.9 Å². The van der Waals surface area contributed by atoms with Gasteiger partial charge in [0.05, 0.1) is 6.61 Å². The van der Waals surface area contributed by atoms with E-state index < -0.39 is 0 Å². The van der Waals surface area contributed by atoms with Gasteiger partial charge >= 0.3 is 6.03 Å². The second-order valence-corrected chi connectivity index (χ2v) is 3.56. The van der Waals surface area contributed by atoms with Gasteiger partial charge in [-0.1, -0.05) is 30.3 Å². The van der Waals surface area contributed by atoms with Crippen molar-refractivity contribution in [1.82, 2.24) is 10.2 Å². The topological polar surface area (TPSA) is 41.6 Å². The van der Waals surface area contributed by atoms with Crippen LogP contribution in [0.3, 0.4) is 0 Å². The van der Waals surface area contributed by atoms with E-state index in [1.165, 1.54) is 0 Å². The van der Waals surface area contributed by atoms with E-state index in [0.29, 0.717) is 19.7 Å². The molecule has 0 saturated heterocycles. The molecule has 0 fully saturated rings. The quantitative estimate of drug-likeness (QED) is 0.819. The van der Waals surface area contributed by atoms with Crippen molar-refractivity contribution in [3.63, 3.8) is 0 Å². The van der Waals surface area contributed by atoms with Crippen LogP contribution < -0.4 is 5.32 Å². The van der Waals surface area contributed by atoms with Gasteiger partial charge in [0.2, 0.25) is 0 Å². The van der Waals surface area contributed by atoms with Gasteiger partial charge in [-0.25, -0.2) is 4.79 Å². The van der Waals surface area contributed by atoms with Crippen molar-refractivity contribution >= 4 is 6.03 Å². The van der Waals surface area contributed by atoms with Crippen LogP contribution >= 0.6 is 0 Å². The third-order valence-electron chi connectivity index (χ3n) is 2.26. The molecule has 16 heavy (non-hydrogen) atoms. The fraction of sp³-hybridized carbons (Fsp3) is 0.417. The molecule has 0 heterocycles. The molecule has 1 rings (SSSR count). The summed E-state index contributed by atoms with van der Waals surface area (Å²) in [5, 5.41) is 2.84. The van der Waals surface area contributed by atoms with Crippen molar-refractivity contribution < 1.29 is 9.53 Å². The molecular formula is C12H18N2O2. The molecule has 0 aliphatic rings. The summed E-state index contributed by atoms with van der Waals surface area (Å²) in [5.74, 6) is 0. The maximum Gasteiger partial charge on any atom is 0.317 e. The number of likely N-dealkylation sites (N-methyl/N-ethyl adjacent to an activating group) is 1. The number of benzene rings is 1.